The van der Waals surface area contributed by atoms with Gasteiger partial charge in [0, 0.05) is 12.1 Å². The Morgan fingerprint density at radius 3 is 2.71 bits per heavy atom. The van der Waals surface area contributed by atoms with Crippen molar-refractivity contribution in [2.24, 2.45) is 0 Å². The highest BCUT2D eigenvalue weighted by atomic mass is 19.2. The van der Waals surface area contributed by atoms with Crippen molar-refractivity contribution >= 4 is 18.3 Å². The van der Waals surface area contributed by atoms with Crippen molar-refractivity contribution in [1.82, 2.24) is 15.5 Å². The molecule has 0 saturated heterocycles. The van der Waals surface area contributed by atoms with Crippen LogP contribution in [-0.4, -0.2) is 42.9 Å². The van der Waals surface area contributed by atoms with Gasteiger partial charge in [0.05, 0.1) is 19.2 Å². The number of benzene rings is 2. The predicted molar refractivity (Wildman–Crippen MR) is 102 cm³/mol. The molecule has 3 rings (SSSR count). The van der Waals surface area contributed by atoms with Gasteiger partial charge in [0.1, 0.15) is 17.6 Å². The van der Waals surface area contributed by atoms with Crippen LogP contribution in [0.15, 0.2) is 30.3 Å². The van der Waals surface area contributed by atoms with Crippen molar-refractivity contribution in [3.8, 4) is 17.6 Å². The number of amides is 4. The molecule has 0 aromatic heterocycles. The van der Waals surface area contributed by atoms with Gasteiger partial charge in [0.25, 0.3) is 5.91 Å². The number of methoxy groups -OCH3 is 1. The highest BCUT2D eigenvalue weighted by Crippen LogP contribution is 2.26. The lowest BCUT2D eigenvalue weighted by atomic mass is 10.1. The summed E-state index contributed by atoms with van der Waals surface area (Å²) in [6, 6.07) is 4.27. The second-order valence-electron chi connectivity index (χ2n) is 6.48. The maximum absolute atomic E-state index is 13.9. The maximum atomic E-state index is 13.9. The Kier molecular flexibility index (Phi) is 6.45. The summed E-state index contributed by atoms with van der Waals surface area (Å²) < 4.78 is 46.2. The average Bonchev–Trinajstić information content (AvgIpc) is 3.05. The minimum atomic E-state index is -1.47. The number of fused-ring (bicyclic) bond motifs is 1. The molecular weight excluding hydrogens is 415 g/mol. The first kappa shape index (κ1) is 21.7. The highest BCUT2D eigenvalue weighted by Gasteiger charge is 2.29. The molecule has 160 valence electrons. The van der Waals surface area contributed by atoms with Crippen molar-refractivity contribution in [1.29, 1.82) is 0 Å². The minimum Gasteiger partial charge on any atom is -0.497 e. The molecule has 1 heterocycles. The summed E-state index contributed by atoms with van der Waals surface area (Å²) in [7, 11) is 1.46. The van der Waals surface area contributed by atoms with Crippen molar-refractivity contribution < 1.29 is 32.3 Å². The summed E-state index contributed by atoms with van der Waals surface area (Å²) in [6.07, 6.45) is 0.134. The lowest BCUT2D eigenvalue weighted by Crippen LogP contribution is -2.46. The van der Waals surface area contributed by atoms with Gasteiger partial charge in [-0.05, 0) is 29.8 Å². The maximum Gasteiger partial charge on any atom is 0.322 e. The van der Waals surface area contributed by atoms with Crippen LogP contribution in [0.3, 0.4) is 0 Å². The van der Waals surface area contributed by atoms with Gasteiger partial charge in [-0.25, -0.2) is 18.0 Å². The van der Waals surface area contributed by atoms with E-state index in [0.717, 1.165) is 11.6 Å². The molecule has 10 heteroatoms. The van der Waals surface area contributed by atoms with Crippen LogP contribution >= 0.6 is 0 Å². The molecule has 2 N–H and O–H groups in total. The van der Waals surface area contributed by atoms with Crippen molar-refractivity contribution in [2.75, 3.05) is 13.7 Å². The summed E-state index contributed by atoms with van der Waals surface area (Å²) in [5, 5.41) is 4.17. The molecule has 7 nitrogen and oxygen atoms in total. The second-order valence-corrected chi connectivity index (χ2v) is 6.48. The van der Waals surface area contributed by atoms with E-state index >= 15 is 0 Å². The van der Waals surface area contributed by atoms with E-state index in [1.807, 2.05) is 5.32 Å². The summed E-state index contributed by atoms with van der Waals surface area (Å²) >= 11 is 0. The molecule has 0 radical (unpaired) electrons. The van der Waals surface area contributed by atoms with E-state index in [-0.39, 0.29) is 25.4 Å². The van der Waals surface area contributed by atoms with E-state index in [9.17, 15) is 27.6 Å². The smallest absolute Gasteiger partial charge is 0.322 e. The molecule has 1 aliphatic heterocycles. The van der Waals surface area contributed by atoms with E-state index in [0.29, 0.717) is 17.4 Å². The second kappa shape index (κ2) is 9.21. The van der Waals surface area contributed by atoms with Crippen LogP contribution in [0, 0.1) is 29.3 Å². The van der Waals surface area contributed by atoms with Gasteiger partial charge in [-0.15, -0.1) is 0 Å². The first-order chi connectivity index (χ1) is 14.8. The number of carbonyl (C=O) groups excluding carboxylic acids is 3. The molecule has 0 spiro atoms. The Morgan fingerprint density at radius 1 is 1.26 bits per heavy atom. The summed E-state index contributed by atoms with van der Waals surface area (Å²) in [6.45, 7) is 0.0453. The molecule has 0 bridgehead atoms. The van der Waals surface area contributed by atoms with E-state index < -0.39 is 35.1 Å². The zero-order valence-electron chi connectivity index (χ0n) is 16.2. The van der Waals surface area contributed by atoms with Crippen LogP contribution in [0.2, 0.25) is 0 Å². The van der Waals surface area contributed by atoms with E-state index in [1.165, 1.54) is 12.0 Å². The third-order valence-electron chi connectivity index (χ3n) is 4.51. The lowest BCUT2D eigenvalue weighted by molar-refractivity contribution is -0.108. The Hall–Kier alpha value is -4.00. The molecule has 2 aromatic carbocycles. The first-order valence-electron chi connectivity index (χ1n) is 8.96. The fourth-order valence-electron chi connectivity index (χ4n) is 3.02. The molecule has 1 atom stereocenters. The van der Waals surface area contributed by atoms with Gasteiger partial charge in [0.2, 0.25) is 6.41 Å². The van der Waals surface area contributed by atoms with Crippen LogP contribution in [0.5, 0.6) is 5.75 Å². The Morgan fingerprint density at radius 2 is 2.00 bits per heavy atom. The normalized spacial score (nSPS) is 13.0. The minimum absolute atomic E-state index is 0.134. The Bertz CT molecular complexity index is 1110. The number of hydrogen-bond acceptors (Lipinski definition) is 4. The van der Waals surface area contributed by atoms with Crippen LogP contribution < -0.4 is 15.4 Å². The molecule has 2 aromatic rings. The van der Waals surface area contributed by atoms with E-state index in [2.05, 4.69) is 17.2 Å². The number of hydrogen-bond donors (Lipinski definition) is 2. The molecule has 0 fully saturated rings. The van der Waals surface area contributed by atoms with E-state index in [1.54, 1.807) is 18.2 Å². The first-order valence-corrected chi connectivity index (χ1v) is 8.96. The van der Waals surface area contributed by atoms with E-state index in [4.69, 9.17) is 4.74 Å². The largest absolute Gasteiger partial charge is 0.497 e. The van der Waals surface area contributed by atoms with Crippen LogP contribution in [0.4, 0.5) is 18.0 Å². The Balaban J connectivity index is 1.86. The number of rotatable bonds is 5. The molecule has 31 heavy (non-hydrogen) atoms. The van der Waals surface area contributed by atoms with Crippen molar-refractivity contribution in [3.05, 3.63) is 64.5 Å². The summed E-state index contributed by atoms with van der Waals surface area (Å²) in [4.78, 5) is 36.3. The van der Waals surface area contributed by atoms with Gasteiger partial charge in [-0.2, -0.15) is 0 Å². The standard InChI is InChI=1S/C21H16F3N3O4/c1-31-14-4-2-12-9-27(20(29)16(12)8-14)10-13(26-21(30)25-11-28)3-5-15-17(22)6-7-18(23)19(15)24/h2,4,6-8,11,13H,9-10H2,1H3,(H2,25,26,28,30)/t13-/m1/s1. The average molecular weight is 431 g/mol. The van der Waals surface area contributed by atoms with Gasteiger partial charge < -0.3 is 15.0 Å². The quantitative estimate of drug-likeness (QED) is 0.430. The van der Waals surface area contributed by atoms with Crippen LogP contribution in [0.1, 0.15) is 21.5 Å². The lowest BCUT2D eigenvalue weighted by Gasteiger charge is -2.21. The monoisotopic (exact) mass is 431 g/mol. The number of ether oxygens (including phenoxy) is 1. The summed E-state index contributed by atoms with van der Waals surface area (Å²) in [5.41, 5.74) is 0.311. The van der Waals surface area contributed by atoms with Crippen molar-refractivity contribution in [3.63, 3.8) is 0 Å². The van der Waals surface area contributed by atoms with Gasteiger partial charge in [-0.3, -0.25) is 14.9 Å². The number of imide groups is 1. The summed E-state index contributed by atoms with van der Waals surface area (Å²) in [5.74, 6) is 0.888. The van der Waals surface area contributed by atoms with Crippen molar-refractivity contribution in [2.45, 2.75) is 12.6 Å². The fraction of sp³-hybridized carbons (Fsp3) is 0.190. The molecular formula is C21H16F3N3O4. The van der Waals surface area contributed by atoms with Crippen LogP contribution in [0.25, 0.3) is 0 Å². The number of nitrogens with one attached hydrogen (secondary N) is 2. The highest BCUT2D eigenvalue weighted by molar-refractivity contribution is 5.98. The molecule has 0 aliphatic carbocycles. The third-order valence-corrected chi connectivity index (χ3v) is 4.51. The molecule has 4 amide bonds. The predicted octanol–water partition coefficient (Wildman–Crippen LogP) is 1.94. The third kappa shape index (κ3) is 4.78. The molecule has 0 saturated carbocycles. The number of nitrogens with zero attached hydrogens (tertiary/aromatic N) is 1. The molecule has 0 unspecified atom stereocenters. The Labute approximate surface area is 175 Å². The van der Waals surface area contributed by atoms with Gasteiger partial charge >= 0.3 is 6.03 Å². The molecule has 1 aliphatic rings. The topological polar surface area (TPSA) is 87.7 Å². The van der Waals surface area contributed by atoms with Gasteiger partial charge in [-0.1, -0.05) is 17.9 Å². The number of carbonyl (C=O) groups is 3. The van der Waals surface area contributed by atoms with Crippen LogP contribution in [-0.2, 0) is 11.3 Å². The number of halogens is 3. The zero-order chi connectivity index (χ0) is 22.5. The zero-order valence-corrected chi connectivity index (χ0v) is 16.2. The fourth-order valence-corrected chi connectivity index (χ4v) is 3.02. The van der Waals surface area contributed by atoms with Gasteiger partial charge in [0.15, 0.2) is 11.6 Å². The SMILES string of the molecule is COc1ccc2c(c1)C(=O)N(C[C@@H](C#Cc1c(F)ccc(F)c1F)NC(=O)NC=O)C2. The number of urea groups is 1.